The Bertz CT molecular complexity index is 630. The van der Waals surface area contributed by atoms with Crippen molar-refractivity contribution in [3.63, 3.8) is 0 Å². The predicted octanol–water partition coefficient (Wildman–Crippen LogP) is 4.88. The number of carbonyl (C=O) groups excluding carboxylic acids is 2. The molecule has 5 nitrogen and oxygen atoms in total. The third-order valence-corrected chi connectivity index (χ3v) is 5.15. The van der Waals surface area contributed by atoms with Gasteiger partial charge in [-0.25, -0.2) is 0 Å². The molecule has 0 saturated carbocycles. The van der Waals surface area contributed by atoms with Crippen molar-refractivity contribution in [3.05, 3.63) is 23.8 Å². The number of benzene rings is 1. The summed E-state index contributed by atoms with van der Waals surface area (Å²) in [6, 6.07) is 5.89. The van der Waals surface area contributed by atoms with Crippen LogP contribution in [0, 0.1) is 5.92 Å². The Hall–Kier alpha value is -1.75. The second kappa shape index (κ2) is 12.7. The van der Waals surface area contributed by atoms with Gasteiger partial charge in [0.25, 0.3) is 0 Å². The molecule has 6 heteroatoms. The van der Waals surface area contributed by atoms with Crippen LogP contribution in [0.1, 0.15) is 58.4 Å². The molecule has 0 aliphatic carbocycles. The minimum absolute atomic E-state index is 0.0391. The zero-order chi connectivity index (χ0) is 21.1. The van der Waals surface area contributed by atoms with Crippen molar-refractivity contribution in [2.75, 3.05) is 36.7 Å². The smallest absolute Gasteiger partial charge is 0.225 e. The van der Waals surface area contributed by atoms with E-state index in [1.165, 1.54) is 0 Å². The molecular formula is C22H36ClN3O2. The quantitative estimate of drug-likeness (QED) is 0.500. The highest BCUT2D eigenvalue weighted by atomic mass is 35.5. The largest absolute Gasteiger partial charge is 0.377 e. The normalized spacial score (nSPS) is 10.8. The Morgan fingerprint density at radius 2 is 1.82 bits per heavy atom. The number of halogens is 1. The van der Waals surface area contributed by atoms with Gasteiger partial charge in [0.1, 0.15) is 0 Å². The molecule has 0 aliphatic rings. The Morgan fingerprint density at radius 1 is 1.14 bits per heavy atom. The monoisotopic (exact) mass is 409 g/mol. The van der Waals surface area contributed by atoms with E-state index in [4.69, 9.17) is 11.6 Å². The van der Waals surface area contributed by atoms with E-state index in [0.717, 1.165) is 42.7 Å². The fourth-order valence-electron chi connectivity index (χ4n) is 3.32. The summed E-state index contributed by atoms with van der Waals surface area (Å²) in [5.41, 5.74) is 2.84. The van der Waals surface area contributed by atoms with Crippen LogP contribution >= 0.6 is 11.6 Å². The van der Waals surface area contributed by atoms with Crippen LogP contribution < -0.4 is 10.2 Å². The molecule has 0 spiro atoms. The molecule has 0 radical (unpaired) electrons. The molecule has 1 rings (SSSR count). The first-order chi connectivity index (χ1) is 13.4. The predicted molar refractivity (Wildman–Crippen MR) is 119 cm³/mol. The number of anilines is 2. The third-order valence-electron chi connectivity index (χ3n) is 4.88. The second-order valence-corrected chi connectivity index (χ2v) is 7.73. The number of alkyl halides is 1. The van der Waals surface area contributed by atoms with Gasteiger partial charge in [-0.3, -0.25) is 9.59 Å². The Morgan fingerprint density at radius 3 is 2.36 bits per heavy atom. The summed E-state index contributed by atoms with van der Waals surface area (Å²) in [6.45, 7) is 7.50. The standard InChI is InChI=1S/C22H36ClN3O2/c1-6-14-26(22(28)17(7-2)8-3)16-18-15-19(11-12-20(18)25(4)5)24-21(27)10-9-13-23/h11-12,15,17H,6-10,13-14,16H2,1-5H3,(H,24,27). The van der Waals surface area contributed by atoms with Crippen molar-refractivity contribution in [3.8, 4) is 0 Å². The maximum atomic E-state index is 13.0. The average molecular weight is 410 g/mol. The lowest BCUT2D eigenvalue weighted by Gasteiger charge is -2.28. The van der Waals surface area contributed by atoms with E-state index in [0.29, 0.717) is 25.3 Å². The van der Waals surface area contributed by atoms with E-state index in [1.54, 1.807) is 0 Å². The van der Waals surface area contributed by atoms with E-state index < -0.39 is 0 Å². The molecule has 0 aromatic heterocycles. The van der Waals surface area contributed by atoms with E-state index in [9.17, 15) is 9.59 Å². The van der Waals surface area contributed by atoms with Crippen LogP contribution in [0.15, 0.2) is 18.2 Å². The molecule has 0 atom stereocenters. The van der Waals surface area contributed by atoms with Crippen molar-refractivity contribution >= 4 is 34.8 Å². The van der Waals surface area contributed by atoms with Crippen LogP contribution in [0.3, 0.4) is 0 Å². The van der Waals surface area contributed by atoms with Gasteiger partial charge in [-0.2, -0.15) is 0 Å². The minimum Gasteiger partial charge on any atom is -0.377 e. The summed E-state index contributed by atoms with van der Waals surface area (Å²) >= 11 is 5.67. The Labute approximate surface area is 175 Å². The highest BCUT2D eigenvalue weighted by Gasteiger charge is 2.22. The van der Waals surface area contributed by atoms with Crippen LogP contribution in [0.5, 0.6) is 0 Å². The van der Waals surface area contributed by atoms with Gasteiger partial charge in [-0.15, -0.1) is 11.6 Å². The van der Waals surface area contributed by atoms with Gasteiger partial charge in [0.05, 0.1) is 0 Å². The fraction of sp³-hybridized carbons (Fsp3) is 0.636. The van der Waals surface area contributed by atoms with Gasteiger partial charge in [-0.1, -0.05) is 20.8 Å². The number of nitrogens with zero attached hydrogens (tertiary/aromatic N) is 2. The second-order valence-electron chi connectivity index (χ2n) is 7.35. The first-order valence-electron chi connectivity index (χ1n) is 10.3. The molecule has 1 aromatic carbocycles. The van der Waals surface area contributed by atoms with E-state index in [1.807, 2.05) is 42.1 Å². The lowest BCUT2D eigenvalue weighted by atomic mass is 10.0. The Kier molecular flexibility index (Phi) is 11.0. The molecule has 0 aliphatic heterocycles. The van der Waals surface area contributed by atoms with Crippen LogP contribution in [0.4, 0.5) is 11.4 Å². The maximum absolute atomic E-state index is 13.0. The summed E-state index contributed by atoms with van der Waals surface area (Å²) in [6.07, 6.45) is 3.69. The van der Waals surface area contributed by atoms with Crippen LogP contribution in [-0.4, -0.2) is 43.2 Å². The number of amides is 2. The molecule has 1 N–H and O–H groups in total. The summed E-state index contributed by atoms with van der Waals surface area (Å²) < 4.78 is 0. The van der Waals surface area contributed by atoms with Crippen molar-refractivity contribution < 1.29 is 9.59 Å². The van der Waals surface area contributed by atoms with E-state index in [2.05, 4.69) is 26.1 Å². The van der Waals surface area contributed by atoms with Crippen molar-refractivity contribution in [2.45, 2.75) is 59.4 Å². The van der Waals surface area contributed by atoms with Crippen LogP contribution in [0.25, 0.3) is 0 Å². The van der Waals surface area contributed by atoms with Gasteiger partial charge >= 0.3 is 0 Å². The number of rotatable bonds is 12. The van der Waals surface area contributed by atoms with Gasteiger partial charge in [0.15, 0.2) is 0 Å². The molecule has 0 heterocycles. The average Bonchev–Trinajstić information content (AvgIpc) is 2.66. The van der Waals surface area contributed by atoms with Crippen molar-refractivity contribution in [1.82, 2.24) is 4.90 Å². The van der Waals surface area contributed by atoms with Crippen molar-refractivity contribution in [1.29, 1.82) is 0 Å². The van der Waals surface area contributed by atoms with E-state index in [-0.39, 0.29) is 17.7 Å². The minimum atomic E-state index is -0.0391. The Balaban J connectivity index is 3.10. The summed E-state index contributed by atoms with van der Waals surface area (Å²) in [7, 11) is 3.98. The number of hydrogen-bond donors (Lipinski definition) is 1. The molecule has 158 valence electrons. The fourth-order valence-corrected chi connectivity index (χ4v) is 3.45. The van der Waals surface area contributed by atoms with Gasteiger partial charge < -0.3 is 15.1 Å². The highest BCUT2D eigenvalue weighted by Crippen LogP contribution is 2.26. The molecule has 0 bridgehead atoms. The molecule has 0 fully saturated rings. The zero-order valence-electron chi connectivity index (χ0n) is 18.1. The zero-order valence-corrected chi connectivity index (χ0v) is 18.8. The molecule has 0 saturated heterocycles. The topological polar surface area (TPSA) is 52.7 Å². The maximum Gasteiger partial charge on any atom is 0.225 e. The first kappa shape index (κ1) is 24.3. The molecule has 1 aromatic rings. The summed E-state index contributed by atoms with van der Waals surface area (Å²) in [5, 5.41) is 2.94. The lowest BCUT2D eigenvalue weighted by molar-refractivity contribution is -0.136. The van der Waals surface area contributed by atoms with Crippen molar-refractivity contribution in [2.24, 2.45) is 5.92 Å². The van der Waals surface area contributed by atoms with E-state index >= 15 is 0 Å². The first-order valence-corrected chi connectivity index (χ1v) is 10.9. The van der Waals surface area contributed by atoms with Crippen LogP contribution in [0.2, 0.25) is 0 Å². The molecule has 0 unspecified atom stereocenters. The number of carbonyl (C=O) groups is 2. The summed E-state index contributed by atoms with van der Waals surface area (Å²) in [5.74, 6) is 0.714. The molecule has 28 heavy (non-hydrogen) atoms. The molecule has 2 amide bonds. The summed E-state index contributed by atoms with van der Waals surface area (Å²) in [4.78, 5) is 29.0. The highest BCUT2D eigenvalue weighted by molar-refractivity contribution is 6.18. The lowest BCUT2D eigenvalue weighted by Crippen LogP contribution is -2.36. The molecular weight excluding hydrogens is 374 g/mol. The number of nitrogens with one attached hydrogen (secondary N) is 1. The number of hydrogen-bond acceptors (Lipinski definition) is 3. The van der Waals surface area contributed by atoms with Gasteiger partial charge in [0, 0.05) is 56.8 Å². The third kappa shape index (κ3) is 7.34. The van der Waals surface area contributed by atoms with Gasteiger partial charge in [-0.05, 0) is 49.4 Å². The SMILES string of the molecule is CCCN(Cc1cc(NC(=O)CCCCl)ccc1N(C)C)C(=O)C(CC)CC. The van der Waals surface area contributed by atoms with Gasteiger partial charge in [0.2, 0.25) is 11.8 Å². The van der Waals surface area contributed by atoms with Crippen LogP contribution in [-0.2, 0) is 16.1 Å².